The Kier molecular flexibility index (Phi) is 5.25. The Morgan fingerprint density at radius 1 is 1.23 bits per heavy atom. The molecule has 1 unspecified atom stereocenters. The highest BCUT2D eigenvalue weighted by molar-refractivity contribution is 5.76. The van der Waals surface area contributed by atoms with E-state index in [1.165, 1.54) is 19.3 Å². The fraction of sp³-hybridized carbons (Fsp3) is 0.619. The molecule has 0 bridgehead atoms. The molecule has 2 fully saturated rings. The SMILES string of the molecule is CN1CCCC1CC(=O)NCC1CCC(c2nc3ccccc3[nH]2)CC1. The standard InChI is InChI=1S/C21H30N4O/c1-25-12-4-5-17(25)13-20(26)22-14-15-8-10-16(11-9-15)21-23-18-6-2-3-7-19(18)24-21/h2-3,6-7,15-17H,4-5,8-14H2,1H3,(H,22,26)(H,23,24). The first-order valence-corrected chi connectivity index (χ1v) is 10.1. The third kappa shape index (κ3) is 3.93. The molecule has 26 heavy (non-hydrogen) atoms. The lowest BCUT2D eigenvalue weighted by molar-refractivity contribution is -0.122. The van der Waals surface area contributed by atoms with Gasteiger partial charge in [0, 0.05) is 24.9 Å². The average Bonchev–Trinajstić information content (AvgIpc) is 3.27. The summed E-state index contributed by atoms with van der Waals surface area (Å²) >= 11 is 0. The van der Waals surface area contributed by atoms with Gasteiger partial charge in [-0.3, -0.25) is 4.79 Å². The molecule has 1 amide bonds. The van der Waals surface area contributed by atoms with Gasteiger partial charge in [-0.15, -0.1) is 0 Å². The number of benzene rings is 1. The molecule has 2 aromatic rings. The molecule has 1 atom stereocenters. The number of fused-ring (bicyclic) bond motifs is 1. The molecule has 2 N–H and O–H groups in total. The molecule has 0 radical (unpaired) electrons. The largest absolute Gasteiger partial charge is 0.356 e. The van der Waals surface area contributed by atoms with Crippen LogP contribution in [-0.4, -0.2) is 47.0 Å². The summed E-state index contributed by atoms with van der Waals surface area (Å²) in [6.07, 6.45) is 7.70. The van der Waals surface area contributed by atoms with Crippen molar-refractivity contribution < 1.29 is 4.79 Å². The lowest BCUT2D eigenvalue weighted by atomic mass is 9.81. The van der Waals surface area contributed by atoms with E-state index in [1.54, 1.807) is 0 Å². The molecule has 2 aliphatic rings. The molecular weight excluding hydrogens is 324 g/mol. The molecule has 1 saturated heterocycles. The summed E-state index contributed by atoms with van der Waals surface area (Å²) in [5.41, 5.74) is 2.20. The third-order valence-corrected chi connectivity index (χ3v) is 6.32. The van der Waals surface area contributed by atoms with Crippen LogP contribution < -0.4 is 5.32 Å². The lowest BCUT2D eigenvalue weighted by Crippen LogP contribution is -2.36. The highest BCUT2D eigenvalue weighted by Gasteiger charge is 2.26. The first-order chi connectivity index (χ1) is 12.7. The number of hydrogen-bond donors (Lipinski definition) is 2. The molecular formula is C21H30N4O. The Morgan fingerprint density at radius 2 is 2.04 bits per heavy atom. The highest BCUT2D eigenvalue weighted by Crippen LogP contribution is 2.35. The average molecular weight is 354 g/mol. The van der Waals surface area contributed by atoms with Gasteiger partial charge in [0.05, 0.1) is 11.0 Å². The van der Waals surface area contributed by atoms with Crippen molar-refractivity contribution >= 4 is 16.9 Å². The Hall–Kier alpha value is -1.88. The van der Waals surface area contributed by atoms with Crippen LogP contribution in [0.15, 0.2) is 24.3 Å². The van der Waals surface area contributed by atoms with Crippen molar-refractivity contribution in [3.8, 4) is 0 Å². The van der Waals surface area contributed by atoms with Crippen LogP contribution >= 0.6 is 0 Å². The minimum atomic E-state index is 0.225. The molecule has 1 saturated carbocycles. The second-order valence-electron chi connectivity index (χ2n) is 8.14. The molecule has 1 aromatic heterocycles. The van der Waals surface area contributed by atoms with E-state index in [-0.39, 0.29) is 5.91 Å². The summed E-state index contributed by atoms with van der Waals surface area (Å²) < 4.78 is 0. The lowest BCUT2D eigenvalue weighted by Gasteiger charge is -2.27. The number of para-hydroxylation sites is 2. The summed E-state index contributed by atoms with van der Waals surface area (Å²) in [6, 6.07) is 8.69. The Balaban J connectivity index is 1.23. The van der Waals surface area contributed by atoms with Gasteiger partial charge in [0.15, 0.2) is 0 Å². The van der Waals surface area contributed by atoms with Crippen molar-refractivity contribution in [1.29, 1.82) is 0 Å². The minimum Gasteiger partial charge on any atom is -0.356 e. The molecule has 5 nitrogen and oxygen atoms in total. The maximum atomic E-state index is 12.2. The van der Waals surface area contributed by atoms with Crippen LogP contribution in [0.1, 0.15) is 56.7 Å². The van der Waals surface area contributed by atoms with Crippen molar-refractivity contribution in [3.63, 3.8) is 0 Å². The van der Waals surface area contributed by atoms with E-state index in [4.69, 9.17) is 4.98 Å². The predicted molar refractivity (Wildman–Crippen MR) is 104 cm³/mol. The highest BCUT2D eigenvalue weighted by atomic mass is 16.1. The van der Waals surface area contributed by atoms with E-state index in [0.717, 1.165) is 49.2 Å². The van der Waals surface area contributed by atoms with Crippen molar-refractivity contribution in [2.45, 2.75) is 56.9 Å². The summed E-state index contributed by atoms with van der Waals surface area (Å²) in [7, 11) is 2.13. The maximum Gasteiger partial charge on any atom is 0.221 e. The number of imidazole rings is 1. The van der Waals surface area contributed by atoms with Crippen molar-refractivity contribution in [3.05, 3.63) is 30.1 Å². The molecule has 1 aromatic carbocycles. The predicted octanol–water partition coefficient (Wildman–Crippen LogP) is 3.44. The van der Waals surface area contributed by atoms with Gasteiger partial charge in [0.1, 0.15) is 5.82 Å². The van der Waals surface area contributed by atoms with Gasteiger partial charge in [0.25, 0.3) is 0 Å². The zero-order valence-corrected chi connectivity index (χ0v) is 15.7. The van der Waals surface area contributed by atoms with Crippen molar-refractivity contribution in [2.75, 3.05) is 20.1 Å². The van der Waals surface area contributed by atoms with Crippen LogP contribution in [0.3, 0.4) is 0 Å². The van der Waals surface area contributed by atoms with E-state index < -0.39 is 0 Å². The van der Waals surface area contributed by atoms with E-state index >= 15 is 0 Å². The van der Waals surface area contributed by atoms with Crippen LogP contribution in [-0.2, 0) is 4.79 Å². The number of carbonyl (C=O) groups excluding carboxylic acids is 1. The topological polar surface area (TPSA) is 61.0 Å². The summed E-state index contributed by atoms with van der Waals surface area (Å²) in [5.74, 6) is 2.50. The fourth-order valence-electron chi connectivity index (χ4n) is 4.59. The van der Waals surface area contributed by atoms with Gasteiger partial charge in [0.2, 0.25) is 5.91 Å². The minimum absolute atomic E-state index is 0.225. The van der Waals surface area contributed by atoms with E-state index in [9.17, 15) is 4.79 Å². The van der Waals surface area contributed by atoms with Gasteiger partial charge in [-0.25, -0.2) is 4.98 Å². The monoisotopic (exact) mass is 354 g/mol. The number of hydrogen-bond acceptors (Lipinski definition) is 3. The molecule has 5 heteroatoms. The molecule has 2 heterocycles. The quantitative estimate of drug-likeness (QED) is 0.865. The van der Waals surface area contributed by atoms with Gasteiger partial charge >= 0.3 is 0 Å². The fourth-order valence-corrected chi connectivity index (χ4v) is 4.59. The van der Waals surface area contributed by atoms with Crippen molar-refractivity contribution in [1.82, 2.24) is 20.2 Å². The number of rotatable bonds is 5. The third-order valence-electron chi connectivity index (χ3n) is 6.32. The van der Waals surface area contributed by atoms with Crippen LogP contribution in [0, 0.1) is 5.92 Å². The Bertz CT molecular complexity index is 714. The molecule has 4 rings (SSSR count). The first kappa shape index (κ1) is 17.5. The number of aromatic amines is 1. The molecule has 140 valence electrons. The first-order valence-electron chi connectivity index (χ1n) is 10.1. The summed E-state index contributed by atoms with van der Waals surface area (Å²) in [4.78, 5) is 22.8. The van der Waals surface area contributed by atoms with Gasteiger partial charge < -0.3 is 15.2 Å². The van der Waals surface area contributed by atoms with Crippen LogP contribution in [0.2, 0.25) is 0 Å². The van der Waals surface area contributed by atoms with Crippen molar-refractivity contribution in [2.24, 2.45) is 5.92 Å². The molecule has 0 spiro atoms. The van der Waals surface area contributed by atoms with Gasteiger partial charge in [-0.05, 0) is 70.2 Å². The zero-order chi connectivity index (χ0) is 17.9. The second kappa shape index (κ2) is 7.78. The van der Waals surface area contributed by atoms with Crippen LogP contribution in [0.5, 0.6) is 0 Å². The summed E-state index contributed by atoms with van der Waals surface area (Å²) in [6.45, 7) is 1.96. The maximum absolute atomic E-state index is 12.2. The number of amides is 1. The Labute approximate surface area is 155 Å². The zero-order valence-electron chi connectivity index (χ0n) is 15.7. The number of carbonyl (C=O) groups is 1. The van der Waals surface area contributed by atoms with Gasteiger partial charge in [-0.1, -0.05) is 12.1 Å². The molecule has 1 aliphatic heterocycles. The number of H-pyrrole nitrogens is 1. The number of nitrogens with one attached hydrogen (secondary N) is 2. The second-order valence-corrected chi connectivity index (χ2v) is 8.14. The number of nitrogens with zero attached hydrogens (tertiary/aromatic N) is 2. The normalized spacial score (nSPS) is 27.0. The van der Waals surface area contributed by atoms with Crippen LogP contribution in [0.25, 0.3) is 11.0 Å². The van der Waals surface area contributed by atoms with E-state index in [2.05, 4.69) is 34.4 Å². The number of aromatic nitrogens is 2. The summed E-state index contributed by atoms with van der Waals surface area (Å²) in [5, 5.41) is 3.19. The van der Waals surface area contributed by atoms with E-state index in [1.807, 2.05) is 12.1 Å². The smallest absolute Gasteiger partial charge is 0.221 e. The Morgan fingerprint density at radius 3 is 2.77 bits per heavy atom. The molecule has 1 aliphatic carbocycles. The number of likely N-dealkylation sites (tertiary alicyclic amines) is 1. The van der Waals surface area contributed by atoms with Crippen LogP contribution in [0.4, 0.5) is 0 Å². The van der Waals surface area contributed by atoms with E-state index in [0.29, 0.717) is 24.3 Å². The van der Waals surface area contributed by atoms with Gasteiger partial charge in [-0.2, -0.15) is 0 Å².